The molecule has 0 saturated carbocycles. The normalized spacial score (nSPS) is 19.1. The third kappa shape index (κ3) is 4.45. The summed E-state index contributed by atoms with van der Waals surface area (Å²) >= 11 is 5.92. The molecule has 1 saturated heterocycles. The Morgan fingerprint density at radius 1 is 1.35 bits per heavy atom. The molecule has 20 heavy (non-hydrogen) atoms. The summed E-state index contributed by atoms with van der Waals surface area (Å²) in [7, 11) is 1.92. The first-order valence-corrected chi connectivity index (χ1v) is 7.33. The van der Waals surface area contributed by atoms with E-state index in [1.165, 1.54) is 6.42 Å². The number of likely N-dealkylation sites (N-methyl/N-ethyl adjacent to an activating group) is 1. The van der Waals surface area contributed by atoms with Gasteiger partial charge < -0.3 is 14.4 Å². The van der Waals surface area contributed by atoms with Crippen molar-refractivity contribution in [3.63, 3.8) is 0 Å². The Morgan fingerprint density at radius 3 is 2.80 bits per heavy atom. The van der Waals surface area contributed by atoms with Gasteiger partial charge in [-0.25, -0.2) is 0 Å². The molecule has 0 bridgehead atoms. The zero-order chi connectivity index (χ0) is 14.5. The molecule has 0 amide bonds. The first-order valence-electron chi connectivity index (χ1n) is 6.95. The minimum atomic E-state index is -0.00620. The minimum Gasteiger partial charge on any atom is -0.461 e. The molecule has 0 aromatic carbocycles. The molecule has 1 unspecified atom stereocenters. The first-order chi connectivity index (χ1) is 9.54. The van der Waals surface area contributed by atoms with Crippen molar-refractivity contribution in [3.8, 4) is 6.01 Å². The lowest BCUT2D eigenvalue weighted by Crippen LogP contribution is -2.34. The number of rotatable bonds is 5. The highest BCUT2D eigenvalue weighted by Gasteiger charge is 2.18. The quantitative estimate of drug-likeness (QED) is 0.831. The third-order valence-corrected chi connectivity index (χ3v) is 3.18. The van der Waals surface area contributed by atoms with Crippen molar-refractivity contribution < 1.29 is 9.47 Å². The average molecular weight is 301 g/mol. The van der Waals surface area contributed by atoms with E-state index in [-0.39, 0.29) is 23.5 Å². The number of hydrogen-bond acceptors (Lipinski definition) is 6. The van der Waals surface area contributed by atoms with Crippen LogP contribution < -0.4 is 9.64 Å². The van der Waals surface area contributed by atoms with Gasteiger partial charge in [0.25, 0.3) is 0 Å². The Morgan fingerprint density at radius 2 is 2.15 bits per heavy atom. The van der Waals surface area contributed by atoms with Crippen LogP contribution in [0.3, 0.4) is 0 Å². The van der Waals surface area contributed by atoms with E-state index >= 15 is 0 Å². The number of halogens is 1. The largest absolute Gasteiger partial charge is 0.461 e. The van der Waals surface area contributed by atoms with Gasteiger partial charge in [-0.2, -0.15) is 15.0 Å². The van der Waals surface area contributed by atoms with E-state index in [0.717, 1.165) is 26.0 Å². The van der Waals surface area contributed by atoms with Gasteiger partial charge >= 0.3 is 6.01 Å². The van der Waals surface area contributed by atoms with Gasteiger partial charge in [0, 0.05) is 20.2 Å². The summed E-state index contributed by atoms with van der Waals surface area (Å²) < 4.78 is 11.2. The predicted molar refractivity (Wildman–Crippen MR) is 77.5 cm³/mol. The third-order valence-electron chi connectivity index (χ3n) is 3.01. The zero-order valence-electron chi connectivity index (χ0n) is 12.2. The highest BCUT2D eigenvalue weighted by molar-refractivity contribution is 6.28. The van der Waals surface area contributed by atoms with E-state index in [0.29, 0.717) is 5.95 Å². The van der Waals surface area contributed by atoms with Crippen molar-refractivity contribution in [3.05, 3.63) is 5.28 Å². The first kappa shape index (κ1) is 15.3. The Hall–Kier alpha value is -1.14. The fraction of sp³-hybridized carbons (Fsp3) is 0.769. The molecule has 1 fully saturated rings. The fourth-order valence-electron chi connectivity index (χ4n) is 2.09. The second kappa shape index (κ2) is 7.04. The number of ether oxygens (including phenoxy) is 2. The molecule has 1 aliphatic rings. The molecular weight excluding hydrogens is 280 g/mol. The van der Waals surface area contributed by atoms with E-state index in [1.807, 2.05) is 25.8 Å². The smallest absolute Gasteiger partial charge is 0.322 e. The number of nitrogens with zero attached hydrogens (tertiary/aromatic N) is 4. The second-order valence-corrected chi connectivity index (χ2v) is 5.56. The molecule has 2 rings (SSSR count). The molecular formula is C13H21ClN4O2. The Bertz CT molecular complexity index is 438. The van der Waals surface area contributed by atoms with Gasteiger partial charge in [-0.1, -0.05) is 0 Å². The lowest BCUT2D eigenvalue weighted by Gasteiger charge is -2.27. The van der Waals surface area contributed by atoms with Crippen LogP contribution in [0.25, 0.3) is 0 Å². The second-order valence-electron chi connectivity index (χ2n) is 5.22. The topological polar surface area (TPSA) is 60.4 Å². The average Bonchev–Trinajstić information content (AvgIpc) is 2.38. The van der Waals surface area contributed by atoms with Crippen LogP contribution in [-0.2, 0) is 4.74 Å². The number of hydrogen-bond donors (Lipinski definition) is 0. The highest BCUT2D eigenvalue weighted by atomic mass is 35.5. The van der Waals surface area contributed by atoms with Crippen molar-refractivity contribution in [2.75, 3.05) is 25.1 Å². The molecule has 6 nitrogen and oxygen atoms in total. The Balaban J connectivity index is 2.04. The van der Waals surface area contributed by atoms with Gasteiger partial charge in [0.05, 0.1) is 12.2 Å². The summed E-state index contributed by atoms with van der Waals surface area (Å²) in [6, 6.07) is 0.256. The summed E-state index contributed by atoms with van der Waals surface area (Å²) in [5.74, 6) is 0.509. The predicted octanol–water partition coefficient (Wildman–Crippen LogP) is 2.32. The Labute approximate surface area is 124 Å². The van der Waals surface area contributed by atoms with Crippen LogP contribution in [0.5, 0.6) is 6.01 Å². The van der Waals surface area contributed by atoms with Crippen LogP contribution in [0, 0.1) is 0 Å². The van der Waals surface area contributed by atoms with Crippen LogP contribution in [-0.4, -0.2) is 47.4 Å². The van der Waals surface area contributed by atoms with Gasteiger partial charge in [0.1, 0.15) is 0 Å². The van der Waals surface area contributed by atoms with E-state index in [9.17, 15) is 0 Å². The van der Waals surface area contributed by atoms with E-state index in [2.05, 4.69) is 15.0 Å². The van der Waals surface area contributed by atoms with Crippen LogP contribution in [0.1, 0.15) is 33.1 Å². The maximum Gasteiger partial charge on any atom is 0.322 e. The van der Waals surface area contributed by atoms with Crippen LogP contribution >= 0.6 is 11.6 Å². The van der Waals surface area contributed by atoms with Gasteiger partial charge in [0.2, 0.25) is 11.2 Å². The number of aromatic nitrogens is 3. The fourth-order valence-corrected chi connectivity index (χ4v) is 2.24. The summed E-state index contributed by atoms with van der Waals surface area (Å²) in [6.07, 6.45) is 3.63. The van der Waals surface area contributed by atoms with Crippen molar-refractivity contribution in [2.24, 2.45) is 0 Å². The maximum atomic E-state index is 5.92. The van der Waals surface area contributed by atoms with Crippen molar-refractivity contribution >= 4 is 17.5 Å². The Kier molecular flexibility index (Phi) is 5.37. The van der Waals surface area contributed by atoms with Gasteiger partial charge in [-0.15, -0.1) is 0 Å². The van der Waals surface area contributed by atoms with E-state index in [1.54, 1.807) is 0 Å². The highest BCUT2D eigenvalue weighted by Crippen LogP contribution is 2.18. The van der Waals surface area contributed by atoms with Crippen LogP contribution in [0.15, 0.2) is 0 Å². The number of anilines is 1. The van der Waals surface area contributed by atoms with E-state index < -0.39 is 0 Å². The van der Waals surface area contributed by atoms with Gasteiger partial charge in [-0.3, -0.25) is 0 Å². The molecule has 1 aliphatic heterocycles. The SMILES string of the molecule is CC(C)Oc1nc(Cl)nc(N(C)CC2CCCCO2)n1. The molecule has 1 aromatic rings. The minimum absolute atomic E-state index is 0.00620. The van der Waals surface area contributed by atoms with Gasteiger partial charge in [-0.05, 0) is 44.7 Å². The van der Waals surface area contributed by atoms with Crippen LogP contribution in [0.4, 0.5) is 5.95 Å². The molecule has 112 valence electrons. The molecule has 0 N–H and O–H groups in total. The standard InChI is InChI=1S/C13H21ClN4O2/c1-9(2)20-13-16-11(14)15-12(17-13)18(3)8-10-6-4-5-7-19-10/h9-10H,4-8H2,1-3H3. The van der Waals surface area contributed by atoms with Crippen molar-refractivity contribution in [2.45, 2.75) is 45.3 Å². The summed E-state index contributed by atoms with van der Waals surface area (Å²) in [5, 5.41) is 0.141. The zero-order valence-corrected chi connectivity index (χ0v) is 12.9. The molecule has 7 heteroatoms. The lowest BCUT2D eigenvalue weighted by atomic mass is 10.1. The van der Waals surface area contributed by atoms with Crippen molar-refractivity contribution in [1.82, 2.24) is 15.0 Å². The molecule has 0 radical (unpaired) electrons. The van der Waals surface area contributed by atoms with Gasteiger partial charge in [0.15, 0.2) is 0 Å². The van der Waals surface area contributed by atoms with Crippen molar-refractivity contribution in [1.29, 1.82) is 0 Å². The summed E-state index contributed by atoms with van der Waals surface area (Å²) in [4.78, 5) is 14.3. The molecule has 1 atom stereocenters. The molecule has 2 heterocycles. The lowest BCUT2D eigenvalue weighted by molar-refractivity contribution is 0.0214. The monoisotopic (exact) mass is 300 g/mol. The van der Waals surface area contributed by atoms with E-state index in [4.69, 9.17) is 21.1 Å². The summed E-state index contributed by atoms with van der Waals surface area (Å²) in [5.41, 5.74) is 0. The molecule has 1 aromatic heterocycles. The summed E-state index contributed by atoms with van der Waals surface area (Å²) in [6.45, 7) is 5.40. The van der Waals surface area contributed by atoms with Crippen LogP contribution in [0.2, 0.25) is 5.28 Å². The molecule has 0 spiro atoms. The molecule has 0 aliphatic carbocycles. The maximum absolute atomic E-state index is 5.92.